The zero-order valence-corrected chi connectivity index (χ0v) is 11.2. The monoisotopic (exact) mass is 264 g/mol. The highest BCUT2D eigenvalue weighted by Gasteiger charge is 2.02. The smallest absolute Gasteiger partial charge is 0.319 e. The fourth-order valence-corrected chi connectivity index (χ4v) is 1.46. The molecule has 1 unspecified atom stereocenters. The summed E-state index contributed by atoms with van der Waals surface area (Å²) in [7, 11) is 0. The largest absolute Gasteiger partial charge is 0.355 e. The molecule has 0 aliphatic carbocycles. The average Bonchev–Trinajstić information content (AvgIpc) is 2.35. The fraction of sp³-hybridized carbons (Fsp3) is 0.385. The van der Waals surface area contributed by atoms with Crippen molar-refractivity contribution in [2.45, 2.75) is 19.9 Å². The number of anilines is 1. The maximum atomic E-state index is 11.5. The van der Waals surface area contributed by atoms with E-state index < -0.39 is 0 Å². The number of carbonyl (C=O) groups is 2. The van der Waals surface area contributed by atoms with Crippen LogP contribution in [0.25, 0.3) is 0 Å². The van der Waals surface area contributed by atoms with Crippen molar-refractivity contribution in [3.63, 3.8) is 0 Å². The van der Waals surface area contributed by atoms with Crippen molar-refractivity contribution in [1.29, 1.82) is 0 Å². The Morgan fingerprint density at radius 2 is 1.74 bits per heavy atom. The Bertz CT molecular complexity index is 429. The van der Waals surface area contributed by atoms with E-state index in [9.17, 15) is 9.59 Å². The van der Waals surface area contributed by atoms with Gasteiger partial charge in [-0.25, -0.2) is 4.79 Å². The number of amides is 3. The molecule has 0 bridgehead atoms. The Morgan fingerprint density at radius 3 is 2.26 bits per heavy atom. The molecule has 5 N–H and O–H groups in total. The Hall–Kier alpha value is -2.08. The molecule has 1 aromatic rings. The van der Waals surface area contributed by atoms with Crippen molar-refractivity contribution in [2.24, 2.45) is 5.73 Å². The minimum atomic E-state index is -0.307. The SMILES string of the molecule is CC(=O)NCCNC(=O)Nc1ccc(C(C)N)cc1. The molecule has 6 heteroatoms. The van der Waals surface area contributed by atoms with Crippen LogP contribution in [0.5, 0.6) is 0 Å². The van der Waals surface area contributed by atoms with E-state index >= 15 is 0 Å². The van der Waals surface area contributed by atoms with Crippen LogP contribution in [0.2, 0.25) is 0 Å². The summed E-state index contributed by atoms with van der Waals surface area (Å²) in [5.41, 5.74) is 7.44. The van der Waals surface area contributed by atoms with Gasteiger partial charge in [0, 0.05) is 31.7 Å². The third-order valence-corrected chi connectivity index (χ3v) is 2.48. The summed E-state index contributed by atoms with van der Waals surface area (Å²) in [6.07, 6.45) is 0. The van der Waals surface area contributed by atoms with Crippen LogP contribution in [0.3, 0.4) is 0 Å². The van der Waals surface area contributed by atoms with Crippen molar-refractivity contribution in [3.8, 4) is 0 Å². The molecule has 1 rings (SSSR count). The molecular weight excluding hydrogens is 244 g/mol. The van der Waals surface area contributed by atoms with Crippen molar-refractivity contribution in [2.75, 3.05) is 18.4 Å². The minimum absolute atomic E-state index is 0.0273. The van der Waals surface area contributed by atoms with Gasteiger partial charge in [0.25, 0.3) is 0 Å². The van der Waals surface area contributed by atoms with E-state index in [4.69, 9.17) is 5.73 Å². The first kappa shape index (κ1) is 15.0. The first-order valence-corrected chi connectivity index (χ1v) is 6.14. The molecule has 0 spiro atoms. The Morgan fingerprint density at radius 1 is 1.16 bits per heavy atom. The van der Waals surface area contributed by atoms with Gasteiger partial charge in [0.15, 0.2) is 0 Å². The van der Waals surface area contributed by atoms with E-state index in [1.54, 1.807) is 12.1 Å². The van der Waals surface area contributed by atoms with Gasteiger partial charge in [-0.15, -0.1) is 0 Å². The molecule has 0 heterocycles. The van der Waals surface area contributed by atoms with Crippen molar-refractivity contribution >= 4 is 17.6 Å². The first-order valence-electron chi connectivity index (χ1n) is 6.14. The standard InChI is InChI=1S/C13H20N4O2/c1-9(14)11-3-5-12(6-4-11)17-13(19)16-8-7-15-10(2)18/h3-6,9H,7-8,14H2,1-2H3,(H,15,18)(H2,16,17,19). The zero-order valence-electron chi connectivity index (χ0n) is 11.2. The highest BCUT2D eigenvalue weighted by atomic mass is 16.2. The minimum Gasteiger partial charge on any atom is -0.355 e. The van der Waals surface area contributed by atoms with Gasteiger partial charge in [-0.3, -0.25) is 4.79 Å². The number of urea groups is 1. The topological polar surface area (TPSA) is 96.2 Å². The molecular formula is C13H20N4O2. The van der Waals surface area contributed by atoms with Crippen molar-refractivity contribution in [1.82, 2.24) is 10.6 Å². The van der Waals surface area contributed by atoms with Crippen LogP contribution in [-0.2, 0) is 4.79 Å². The zero-order chi connectivity index (χ0) is 14.3. The lowest BCUT2D eigenvalue weighted by molar-refractivity contribution is -0.118. The predicted octanol–water partition coefficient (Wildman–Crippen LogP) is 0.964. The molecule has 0 saturated heterocycles. The summed E-state index contributed by atoms with van der Waals surface area (Å²) < 4.78 is 0. The molecule has 0 aromatic heterocycles. The lowest BCUT2D eigenvalue weighted by Gasteiger charge is -2.09. The second-order valence-corrected chi connectivity index (χ2v) is 4.27. The van der Waals surface area contributed by atoms with Gasteiger partial charge in [-0.2, -0.15) is 0 Å². The Balaban J connectivity index is 2.33. The molecule has 0 fully saturated rings. The summed E-state index contributed by atoms with van der Waals surface area (Å²) >= 11 is 0. The summed E-state index contributed by atoms with van der Waals surface area (Å²) in [6, 6.07) is 7.01. The van der Waals surface area contributed by atoms with Crippen molar-refractivity contribution in [3.05, 3.63) is 29.8 Å². The lowest BCUT2D eigenvalue weighted by Crippen LogP contribution is -2.36. The molecule has 1 aromatic carbocycles. The fourth-order valence-electron chi connectivity index (χ4n) is 1.46. The molecule has 1 atom stereocenters. The van der Waals surface area contributed by atoms with E-state index in [1.807, 2.05) is 19.1 Å². The predicted molar refractivity (Wildman–Crippen MR) is 74.7 cm³/mol. The first-order chi connectivity index (χ1) is 8.99. The third-order valence-electron chi connectivity index (χ3n) is 2.48. The van der Waals surface area contributed by atoms with Crippen LogP contribution in [0, 0.1) is 0 Å². The van der Waals surface area contributed by atoms with Gasteiger partial charge in [-0.1, -0.05) is 12.1 Å². The van der Waals surface area contributed by atoms with Crippen LogP contribution in [0.4, 0.5) is 10.5 Å². The summed E-state index contributed by atoms with van der Waals surface area (Å²) in [4.78, 5) is 22.1. The third kappa shape index (κ3) is 5.87. The maximum absolute atomic E-state index is 11.5. The highest BCUT2D eigenvalue weighted by molar-refractivity contribution is 5.89. The van der Waals surface area contributed by atoms with Crippen molar-refractivity contribution < 1.29 is 9.59 Å². The maximum Gasteiger partial charge on any atom is 0.319 e. The van der Waals surface area contributed by atoms with Crippen LogP contribution in [0.1, 0.15) is 25.5 Å². The number of nitrogens with two attached hydrogens (primary N) is 1. The van der Waals surface area contributed by atoms with Crippen LogP contribution in [-0.4, -0.2) is 25.0 Å². The van der Waals surface area contributed by atoms with Gasteiger partial charge < -0.3 is 21.7 Å². The van der Waals surface area contributed by atoms with Gasteiger partial charge in [0.05, 0.1) is 0 Å². The molecule has 0 saturated carbocycles. The van der Waals surface area contributed by atoms with E-state index in [2.05, 4.69) is 16.0 Å². The number of carbonyl (C=O) groups excluding carboxylic acids is 2. The summed E-state index contributed by atoms with van der Waals surface area (Å²) in [5, 5.41) is 7.92. The molecule has 104 valence electrons. The highest BCUT2D eigenvalue weighted by Crippen LogP contribution is 2.13. The van der Waals surface area contributed by atoms with Gasteiger partial charge in [0.1, 0.15) is 0 Å². The number of nitrogens with one attached hydrogen (secondary N) is 3. The van der Waals surface area contributed by atoms with E-state index in [-0.39, 0.29) is 18.0 Å². The molecule has 0 aliphatic rings. The van der Waals surface area contributed by atoms with E-state index in [1.165, 1.54) is 6.92 Å². The van der Waals surface area contributed by atoms with Gasteiger partial charge in [-0.05, 0) is 24.6 Å². The second kappa shape index (κ2) is 7.38. The summed E-state index contributed by atoms with van der Waals surface area (Å²) in [5.74, 6) is -0.117. The van der Waals surface area contributed by atoms with Crippen LogP contribution >= 0.6 is 0 Å². The molecule has 6 nitrogen and oxygen atoms in total. The Labute approximate surface area is 112 Å². The number of hydrogen-bond donors (Lipinski definition) is 4. The molecule has 3 amide bonds. The number of hydrogen-bond acceptors (Lipinski definition) is 3. The molecule has 19 heavy (non-hydrogen) atoms. The van der Waals surface area contributed by atoms with E-state index in [0.29, 0.717) is 18.8 Å². The summed E-state index contributed by atoms with van der Waals surface area (Å²) in [6.45, 7) is 4.12. The van der Waals surface area contributed by atoms with E-state index in [0.717, 1.165) is 5.56 Å². The second-order valence-electron chi connectivity index (χ2n) is 4.27. The molecule has 0 aliphatic heterocycles. The van der Waals surface area contributed by atoms with Crippen LogP contribution < -0.4 is 21.7 Å². The Kier molecular flexibility index (Phi) is 5.81. The lowest BCUT2D eigenvalue weighted by atomic mass is 10.1. The molecule has 0 radical (unpaired) electrons. The van der Waals surface area contributed by atoms with Gasteiger partial charge >= 0.3 is 6.03 Å². The normalized spacial score (nSPS) is 11.5. The quantitative estimate of drug-likeness (QED) is 0.596. The number of rotatable bonds is 5. The average molecular weight is 264 g/mol. The number of benzene rings is 1. The van der Waals surface area contributed by atoms with Crippen LogP contribution in [0.15, 0.2) is 24.3 Å². The van der Waals surface area contributed by atoms with Gasteiger partial charge in [0.2, 0.25) is 5.91 Å².